The molecule has 3 atom stereocenters. The van der Waals surface area contributed by atoms with Crippen LogP contribution >= 0.6 is 0 Å². The van der Waals surface area contributed by atoms with Crippen LogP contribution in [0, 0.1) is 11.3 Å². The summed E-state index contributed by atoms with van der Waals surface area (Å²) in [7, 11) is 0. The summed E-state index contributed by atoms with van der Waals surface area (Å²) in [5.74, 6) is -0.602. The Morgan fingerprint density at radius 2 is 1.82 bits per heavy atom. The summed E-state index contributed by atoms with van der Waals surface area (Å²) in [6.07, 6.45) is 2.04. The zero-order valence-electron chi connectivity index (χ0n) is 16.2. The molecule has 0 aromatic heterocycles. The normalized spacial score (nSPS) is 27.5. The van der Waals surface area contributed by atoms with Crippen LogP contribution in [0.15, 0.2) is 30.3 Å². The van der Waals surface area contributed by atoms with Gasteiger partial charge in [0.2, 0.25) is 5.91 Å². The molecule has 150 valence electrons. The summed E-state index contributed by atoms with van der Waals surface area (Å²) in [6, 6.07) is 8.69. The molecule has 0 radical (unpaired) electrons. The maximum absolute atomic E-state index is 12.7. The van der Waals surface area contributed by atoms with Crippen LogP contribution in [0.3, 0.4) is 0 Å². The number of piperidine rings is 1. The molecule has 4 rings (SSSR count). The Kier molecular flexibility index (Phi) is 4.74. The lowest BCUT2D eigenvalue weighted by Crippen LogP contribution is -2.54. The summed E-state index contributed by atoms with van der Waals surface area (Å²) in [6.45, 7) is 4.80. The Bertz CT molecular complexity index is 782. The number of amides is 4. The van der Waals surface area contributed by atoms with Crippen LogP contribution in [0.2, 0.25) is 0 Å². The highest BCUT2D eigenvalue weighted by atomic mass is 16.7. The first-order valence-electron chi connectivity index (χ1n) is 9.73. The summed E-state index contributed by atoms with van der Waals surface area (Å²) >= 11 is 0. The SMILES string of the molecule is CC1(C)CC1C(=O)NNC(=O)[C@@H]1CC[C@@H]2CN1C(=O)N2OCc1ccccc1. The van der Waals surface area contributed by atoms with Crippen molar-refractivity contribution in [1.29, 1.82) is 0 Å². The molecule has 3 aliphatic rings. The first kappa shape index (κ1) is 18.7. The van der Waals surface area contributed by atoms with Crippen molar-refractivity contribution in [3.05, 3.63) is 35.9 Å². The predicted octanol–water partition coefficient (Wildman–Crippen LogP) is 1.58. The van der Waals surface area contributed by atoms with Crippen LogP contribution < -0.4 is 10.9 Å². The highest BCUT2D eigenvalue weighted by Crippen LogP contribution is 2.51. The molecule has 2 N–H and O–H groups in total. The number of rotatable bonds is 5. The lowest BCUT2D eigenvalue weighted by molar-refractivity contribution is -0.140. The average molecular weight is 386 g/mol. The second kappa shape index (κ2) is 7.09. The molecule has 28 heavy (non-hydrogen) atoms. The van der Waals surface area contributed by atoms with Gasteiger partial charge in [0.05, 0.1) is 6.04 Å². The van der Waals surface area contributed by atoms with Gasteiger partial charge in [0.15, 0.2) is 0 Å². The zero-order chi connectivity index (χ0) is 19.9. The van der Waals surface area contributed by atoms with Gasteiger partial charge in [-0.15, -0.1) is 0 Å². The number of carbonyl (C=O) groups is 3. The van der Waals surface area contributed by atoms with Gasteiger partial charge in [-0.05, 0) is 30.2 Å². The molecule has 8 heteroatoms. The molecule has 4 amide bonds. The molecule has 1 aromatic rings. The van der Waals surface area contributed by atoms with Crippen molar-refractivity contribution in [3.63, 3.8) is 0 Å². The Labute approximate surface area is 164 Å². The molecule has 2 saturated heterocycles. The molecule has 1 unspecified atom stereocenters. The van der Waals surface area contributed by atoms with E-state index < -0.39 is 6.04 Å². The van der Waals surface area contributed by atoms with Gasteiger partial charge in [-0.1, -0.05) is 44.2 Å². The van der Waals surface area contributed by atoms with Crippen molar-refractivity contribution in [2.75, 3.05) is 6.54 Å². The highest BCUT2D eigenvalue weighted by molar-refractivity contribution is 5.90. The third-order valence-corrected chi connectivity index (χ3v) is 5.98. The lowest BCUT2D eigenvalue weighted by atomic mass is 10.0. The molecule has 3 fully saturated rings. The maximum Gasteiger partial charge on any atom is 0.345 e. The van der Waals surface area contributed by atoms with Crippen LogP contribution in [-0.4, -0.2) is 46.4 Å². The number of hydroxylamine groups is 2. The van der Waals surface area contributed by atoms with E-state index >= 15 is 0 Å². The minimum Gasteiger partial charge on any atom is -0.309 e. The van der Waals surface area contributed by atoms with Crippen LogP contribution in [0.4, 0.5) is 4.79 Å². The molecule has 0 spiro atoms. The number of hydrogen-bond acceptors (Lipinski definition) is 4. The number of urea groups is 1. The summed E-state index contributed by atoms with van der Waals surface area (Å²) in [4.78, 5) is 44.6. The van der Waals surface area contributed by atoms with Gasteiger partial charge in [0.25, 0.3) is 5.91 Å². The molecule has 2 bridgehead atoms. The fraction of sp³-hybridized carbons (Fsp3) is 0.550. The van der Waals surface area contributed by atoms with Gasteiger partial charge >= 0.3 is 6.03 Å². The Morgan fingerprint density at radius 3 is 2.50 bits per heavy atom. The molecular weight excluding hydrogens is 360 g/mol. The summed E-state index contributed by atoms with van der Waals surface area (Å²) in [5, 5.41) is 1.39. The fourth-order valence-corrected chi connectivity index (χ4v) is 4.00. The van der Waals surface area contributed by atoms with E-state index in [0.29, 0.717) is 26.0 Å². The Hall–Kier alpha value is -2.61. The van der Waals surface area contributed by atoms with Crippen molar-refractivity contribution in [2.24, 2.45) is 11.3 Å². The van der Waals surface area contributed by atoms with Gasteiger partial charge in [-0.3, -0.25) is 25.3 Å². The molecule has 2 heterocycles. The number of benzene rings is 1. The Morgan fingerprint density at radius 1 is 1.14 bits per heavy atom. The monoisotopic (exact) mass is 386 g/mol. The molecule has 1 saturated carbocycles. The van der Waals surface area contributed by atoms with Gasteiger partial charge in [-0.2, -0.15) is 5.06 Å². The largest absolute Gasteiger partial charge is 0.345 e. The van der Waals surface area contributed by atoms with E-state index in [0.717, 1.165) is 12.0 Å². The molecule has 8 nitrogen and oxygen atoms in total. The van der Waals surface area contributed by atoms with Crippen molar-refractivity contribution in [2.45, 2.75) is 51.8 Å². The second-order valence-electron chi connectivity index (χ2n) is 8.49. The van der Waals surface area contributed by atoms with E-state index in [9.17, 15) is 14.4 Å². The number of hydrogen-bond donors (Lipinski definition) is 2. The van der Waals surface area contributed by atoms with E-state index in [-0.39, 0.29) is 35.2 Å². The fourth-order valence-electron chi connectivity index (χ4n) is 4.00. The van der Waals surface area contributed by atoms with Crippen molar-refractivity contribution in [3.8, 4) is 0 Å². The molecule has 1 aliphatic carbocycles. The van der Waals surface area contributed by atoms with E-state index in [1.54, 1.807) is 0 Å². The summed E-state index contributed by atoms with van der Waals surface area (Å²) < 4.78 is 0. The van der Waals surface area contributed by atoms with Gasteiger partial charge in [0, 0.05) is 12.5 Å². The number of nitrogens with zero attached hydrogens (tertiary/aromatic N) is 2. The van der Waals surface area contributed by atoms with E-state index in [2.05, 4.69) is 10.9 Å². The van der Waals surface area contributed by atoms with E-state index in [1.165, 1.54) is 9.96 Å². The number of fused-ring (bicyclic) bond motifs is 2. The van der Waals surface area contributed by atoms with Gasteiger partial charge < -0.3 is 4.90 Å². The first-order chi connectivity index (χ1) is 13.4. The smallest absolute Gasteiger partial charge is 0.309 e. The van der Waals surface area contributed by atoms with Crippen LogP contribution in [0.5, 0.6) is 0 Å². The topological polar surface area (TPSA) is 91.0 Å². The van der Waals surface area contributed by atoms with Gasteiger partial charge in [-0.25, -0.2) is 4.79 Å². The van der Waals surface area contributed by atoms with Crippen molar-refractivity contribution in [1.82, 2.24) is 20.8 Å². The second-order valence-corrected chi connectivity index (χ2v) is 8.49. The number of hydrazine groups is 1. The maximum atomic E-state index is 12.7. The standard InChI is InChI=1S/C20H26N4O4/c1-20(2)10-15(20)17(25)21-22-18(26)16-9-8-14-11-23(16)19(27)24(14)28-12-13-6-4-3-5-7-13/h3-7,14-16H,8-12H2,1-2H3,(H,21,25)(H,22,26)/t14-,15?,16+/m1/s1. The molecule has 1 aromatic carbocycles. The predicted molar refractivity (Wildman–Crippen MR) is 100 cm³/mol. The lowest BCUT2D eigenvalue weighted by Gasteiger charge is -2.29. The molecule has 2 aliphatic heterocycles. The third-order valence-electron chi connectivity index (χ3n) is 5.98. The first-order valence-corrected chi connectivity index (χ1v) is 9.73. The number of carbonyl (C=O) groups excluding carboxylic acids is 3. The average Bonchev–Trinajstić information content (AvgIpc) is 3.27. The van der Waals surface area contributed by atoms with E-state index in [4.69, 9.17) is 4.84 Å². The van der Waals surface area contributed by atoms with E-state index in [1.807, 2.05) is 44.2 Å². The van der Waals surface area contributed by atoms with Crippen molar-refractivity contribution >= 4 is 17.8 Å². The highest BCUT2D eigenvalue weighted by Gasteiger charge is 2.51. The minimum atomic E-state index is -0.596. The van der Waals surface area contributed by atoms with Gasteiger partial charge in [0.1, 0.15) is 12.6 Å². The van der Waals surface area contributed by atoms with Crippen LogP contribution in [-0.2, 0) is 21.0 Å². The quantitative estimate of drug-likeness (QED) is 0.752. The Balaban J connectivity index is 1.31. The minimum absolute atomic E-state index is 0.00557. The number of nitrogens with one attached hydrogen (secondary N) is 2. The third kappa shape index (κ3) is 3.56. The zero-order valence-corrected chi connectivity index (χ0v) is 16.2. The molecular formula is C20H26N4O4. The van der Waals surface area contributed by atoms with Crippen LogP contribution in [0.1, 0.15) is 38.7 Å². The van der Waals surface area contributed by atoms with Crippen molar-refractivity contribution < 1.29 is 19.2 Å². The summed E-state index contributed by atoms with van der Waals surface area (Å²) in [5.41, 5.74) is 5.98. The van der Waals surface area contributed by atoms with Crippen LogP contribution in [0.25, 0.3) is 0 Å².